The molecule has 1 heterocycles. The van der Waals surface area contributed by atoms with E-state index in [0.29, 0.717) is 17.7 Å². The molecule has 1 aliphatic rings. The maximum Gasteiger partial charge on any atom is 0.295 e. The maximum atomic E-state index is 13.2. The van der Waals surface area contributed by atoms with Crippen LogP contribution in [0.1, 0.15) is 114 Å². The summed E-state index contributed by atoms with van der Waals surface area (Å²) in [5, 5.41) is 22.4. The van der Waals surface area contributed by atoms with Gasteiger partial charge in [-0.3, -0.25) is 19.7 Å². The van der Waals surface area contributed by atoms with E-state index in [1.165, 1.54) is 81.2 Å². The number of likely N-dealkylation sites (tertiary alicyclic amines) is 1. The van der Waals surface area contributed by atoms with E-state index in [4.69, 9.17) is 0 Å². The SMILES string of the molecule is CCCCCCCCCCCCCCCCN1C(=O)C(=O)/C(=C(/O)c2cccc(Br)c2)[C@H]1c1ccc([N+](=O)[O-])cc1. The number of hydrogen-bond donors (Lipinski definition) is 1. The van der Waals surface area contributed by atoms with Crippen molar-refractivity contribution in [3.8, 4) is 0 Å². The van der Waals surface area contributed by atoms with Crippen LogP contribution in [0.3, 0.4) is 0 Å². The summed E-state index contributed by atoms with van der Waals surface area (Å²) in [5.74, 6) is -1.65. The maximum absolute atomic E-state index is 13.2. The van der Waals surface area contributed by atoms with Gasteiger partial charge in [-0.15, -0.1) is 0 Å². The molecule has 7 nitrogen and oxygen atoms in total. The Bertz CT molecular complexity index is 1190. The number of ketones is 1. The van der Waals surface area contributed by atoms with Crippen LogP contribution in [0.25, 0.3) is 5.76 Å². The summed E-state index contributed by atoms with van der Waals surface area (Å²) >= 11 is 3.39. The van der Waals surface area contributed by atoms with Gasteiger partial charge in [-0.2, -0.15) is 0 Å². The number of unbranched alkanes of at least 4 members (excludes halogenated alkanes) is 13. The van der Waals surface area contributed by atoms with E-state index >= 15 is 0 Å². The number of rotatable bonds is 18. The van der Waals surface area contributed by atoms with Crippen LogP contribution in [0, 0.1) is 10.1 Å². The minimum Gasteiger partial charge on any atom is -0.507 e. The molecule has 2 aromatic rings. The van der Waals surface area contributed by atoms with Crippen molar-refractivity contribution < 1.29 is 19.6 Å². The smallest absolute Gasteiger partial charge is 0.295 e. The predicted octanol–water partition coefficient (Wildman–Crippen LogP) is 9.26. The van der Waals surface area contributed by atoms with Crippen molar-refractivity contribution in [2.24, 2.45) is 0 Å². The van der Waals surface area contributed by atoms with Crippen molar-refractivity contribution in [1.29, 1.82) is 0 Å². The number of non-ortho nitro benzene ring substituents is 1. The Morgan fingerprint density at radius 1 is 0.854 bits per heavy atom. The summed E-state index contributed by atoms with van der Waals surface area (Å²) in [7, 11) is 0. The normalized spacial score (nSPS) is 16.4. The lowest BCUT2D eigenvalue weighted by atomic mass is 9.95. The van der Waals surface area contributed by atoms with Gasteiger partial charge in [0.1, 0.15) is 5.76 Å². The van der Waals surface area contributed by atoms with Crippen LogP contribution in [0.15, 0.2) is 58.6 Å². The Kier molecular flexibility index (Phi) is 13.5. The quantitative estimate of drug-likeness (QED) is 0.0443. The number of amides is 1. The molecular formula is C33H43BrN2O5. The molecule has 0 aliphatic carbocycles. The second-order valence-corrected chi connectivity index (χ2v) is 11.9. The Hall–Kier alpha value is -3.00. The fourth-order valence-corrected chi connectivity index (χ4v) is 5.90. The fourth-order valence-electron chi connectivity index (χ4n) is 5.50. The molecule has 0 saturated carbocycles. The molecule has 0 unspecified atom stereocenters. The van der Waals surface area contributed by atoms with Gasteiger partial charge in [0.15, 0.2) is 0 Å². The molecule has 1 fully saturated rings. The minimum absolute atomic E-state index is 0.00677. The van der Waals surface area contributed by atoms with Gasteiger partial charge in [0, 0.05) is 28.7 Å². The zero-order chi connectivity index (χ0) is 29.6. The first-order chi connectivity index (χ1) is 19.8. The van der Waals surface area contributed by atoms with Gasteiger partial charge in [-0.25, -0.2) is 0 Å². The summed E-state index contributed by atoms with van der Waals surface area (Å²) in [6.07, 6.45) is 17.1. The van der Waals surface area contributed by atoms with Gasteiger partial charge in [-0.05, 0) is 36.2 Å². The first kappa shape index (κ1) is 32.5. The van der Waals surface area contributed by atoms with Crippen molar-refractivity contribution in [2.45, 2.75) is 103 Å². The lowest BCUT2D eigenvalue weighted by Crippen LogP contribution is -2.30. The molecular weight excluding hydrogens is 584 g/mol. The molecule has 1 atom stereocenters. The molecule has 0 bridgehead atoms. The van der Waals surface area contributed by atoms with Gasteiger partial charge >= 0.3 is 0 Å². The summed E-state index contributed by atoms with van der Waals surface area (Å²) in [5.41, 5.74) is 0.898. The van der Waals surface area contributed by atoms with Crippen LogP contribution >= 0.6 is 15.9 Å². The second-order valence-electron chi connectivity index (χ2n) is 10.9. The van der Waals surface area contributed by atoms with Gasteiger partial charge in [-0.1, -0.05) is 118 Å². The lowest BCUT2D eigenvalue weighted by molar-refractivity contribution is -0.384. The van der Waals surface area contributed by atoms with Crippen LogP contribution < -0.4 is 0 Å². The molecule has 1 saturated heterocycles. The van der Waals surface area contributed by atoms with Crippen molar-refractivity contribution in [2.75, 3.05) is 6.54 Å². The molecule has 1 N–H and O–H groups in total. The third kappa shape index (κ3) is 9.52. The largest absolute Gasteiger partial charge is 0.507 e. The van der Waals surface area contributed by atoms with E-state index in [1.807, 2.05) is 0 Å². The number of hydrogen-bond acceptors (Lipinski definition) is 5. The molecule has 1 aliphatic heterocycles. The number of halogens is 1. The molecule has 0 radical (unpaired) electrons. The van der Waals surface area contributed by atoms with Crippen molar-refractivity contribution in [1.82, 2.24) is 4.90 Å². The minimum atomic E-state index is -0.809. The molecule has 1 amide bonds. The van der Waals surface area contributed by atoms with E-state index in [-0.39, 0.29) is 17.0 Å². The average molecular weight is 628 g/mol. The second kappa shape index (κ2) is 17.1. The van der Waals surface area contributed by atoms with Crippen molar-refractivity contribution in [3.05, 3.63) is 79.8 Å². The molecule has 8 heteroatoms. The number of benzene rings is 2. The number of nitrogens with zero attached hydrogens (tertiary/aromatic N) is 2. The number of nitro benzene ring substituents is 1. The van der Waals surface area contributed by atoms with Crippen molar-refractivity contribution >= 4 is 39.1 Å². The lowest BCUT2D eigenvalue weighted by Gasteiger charge is -2.25. The highest BCUT2D eigenvalue weighted by Crippen LogP contribution is 2.40. The Balaban J connectivity index is 1.58. The van der Waals surface area contributed by atoms with E-state index < -0.39 is 22.7 Å². The fraction of sp³-hybridized carbons (Fsp3) is 0.515. The highest BCUT2D eigenvalue weighted by Gasteiger charge is 2.45. The summed E-state index contributed by atoms with van der Waals surface area (Å²) < 4.78 is 0.727. The first-order valence-electron chi connectivity index (χ1n) is 15.1. The highest BCUT2D eigenvalue weighted by molar-refractivity contribution is 9.10. The topological polar surface area (TPSA) is 101 Å². The monoisotopic (exact) mass is 626 g/mol. The van der Waals surface area contributed by atoms with Crippen LogP contribution in [-0.4, -0.2) is 33.2 Å². The van der Waals surface area contributed by atoms with Gasteiger partial charge in [0.2, 0.25) is 0 Å². The van der Waals surface area contributed by atoms with Crippen LogP contribution in [0.2, 0.25) is 0 Å². The van der Waals surface area contributed by atoms with Crippen LogP contribution in [-0.2, 0) is 9.59 Å². The third-order valence-corrected chi connectivity index (χ3v) is 8.30. The van der Waals surface area contributed by atoms with E-state index in [2.05, 4.69) is 22.9 Å². The summed E-state index contributed by atoms with van der Waals surface area (Å²) in [6, 6.07) is 11.9. The first-order valence-corrected chi connectivity index (χ1v) is 15.9. The molecule has 41 heavy (non-hydrogen) atoms. The molecule has 0 spiro atoms. The molecule has 222 valence electrons. The number of nitro groups is 1. The van der Waals surface area contributed by atoms with E-state index in [1.54, 1.807) is 36.4 Å². The number of carbonyl (C=O) groups is 2. The zero-order valence-corrected chi connectivity index (χ0v) is 25.7. The van der Waals surface area contributed by atoms with E-state index in [0.717, 1.165) is 30.2 Å². The van der Waals surface area contributed by atoms with Crippen molar-refractivity contribution in [3.63, 3.8) is 0 Å². The molecule has 0 aromatic heterocycles. The number of aliphatic hydroxyl groups excluding tert-OH is 1. The van der Waals surface area contributed by atoms with Gasteiger partial charge in [0.25, 0.3) is 17.4 Å². The van der Waals surface area contributed by atoms with Crippen LogP contribution in [0.5, 0.6) is 0 Å². The third-order valence-electron chi connectivity index (χ3n) is 7.81. The zero-order valence-electron chi connectivity index (χ0n) is 24.2. The number of carbonyl (C=O) groups excluding carboxylic acids is 2. The highest BCUT2D eigenvalue weighted by atomic mass is 79.9. The molecule has 2 aromatic carbocycles. The average Bonchev–Trinajstić information content (AvgIpc) is 3.22. The Morgan fingerprint density at radius 3 is 1.90 bits per heavy atom. The number of Topliss-reactive ketones (excluding diaryl/α,β-unsaturated/α-hetero) is 1. The van der Waals surface area contributed by atoms with Gasteiger partial charge in [0.05, 0.1) is 16.5 Å². The summed E-state index contributed by atoms with van der Waals surface area (Å²) in [4.78, 5) is 38.6. The Morgan fingerprint density at radius 2 is 1.39 bits per heavy atom. The number of aliphatic hydroxyl groups is 1. The standard InChI is InChI=1S/C33H43BrN2O5/c1-2-3-4-5-6-7-8-9-10-11-12-13-14-15-23-35-30(25-19-21-28(22-20-25)36(40)41)29(32(38)33(35)39)31(37)26-17-16-18-27(34)24-26/h16-22,24,30,37H,2-15,23H2,1H3/b31-29+/t30-/m1/s1. The predicted molar refractivity (Wildman–Crippen MR) is 167 cm³/mol. The Labute approximate surface area is 252 Å². The van der Waals surface area contributed by atoms with Crippen LogP contribution in [0.4, 0.5) is 5.69 Å². The van der Waals surface area contributed by atoms with Gasteiger partial charge < -0.3 is 10.0 Å². The molecule has 3 rings (SSSR count). The summed E-state index contributed by atoms with van der Waals surface area (Å²) in [6.45, 7) is 2.62. The van der Waals surface area contributed by atoms with E-state index in [9.17, 15) is 24.8 Å².